The molecule has 0 unspecified atom stereocenters. The summed E-state index contributed by atoms with van der Waals surface area (Å²) in [4.78, 5) is 11.7. The second kappa shape index (κ2) is 5.80. The van der Waals surface area contributed by atoms with Crippen LogP contribution in [-0.4, -0.2) is 15.6 Å². The minimum atomic E-state index is -0.831. The Balaban J connectivity index is 1.65. The van der Waals surface area contributed by atoms with E-state index < -0.39 is 23.4 Å². The van der Waals surface area contributed by atoms with Crippen molar-refractivity contribution in [3.63, 3.8) is 0 Å². The summed E-state index contributed by atoms with van der Waals surface area (Å²) in [6.45, 7) is 0.142. The Bertz CT molecular complexity index is 778. The maximum atomic E-state index is 13.4. The number of pyridine rings is 1. The number of carbonyl (C=O) groups is 1. The highest BCUT2D eigenvalue weighted by Crippen LogP contribution is 2.17. The molecule has 0 spiro atoms. The molecule has 2 N–H and O–H groups in total. The largest absolute Gasteiger partial charge is 0.332 e. The molecule has 112 valence electrons. The summed E-state index contributed by atoms with van der Waals surface area (Å²) in [5.41, 5.74) is 1.05. The number of carbonyl (C=O) groups excluding carboxylic acids is 1. The molecular weight excluding hydrogens is 290 g/mol. The SMILES string of the molecule is O=C(NCc1cc2ccccn2n1)Nc1c(F)cccc1F. The lowest BCUT2D eigenvalue weighted by Gasteiger charge is -2.08. The summed E-state index contributed by atoms with van der Waals surface area (Å²) in [6, 6.07) is 10.1. The predicted octanol–water partition coefficient (Wildman–Crippen LogP) is 2.93. The number of nitrogens with zero attached hydrogens (tertiary/aromatic N) is 2. The topological polar surface area (TPSA) is 58.4 Å². The van der Waals surface area contributed by atoms with E-state index in [2.05, 4.69) is 15.7 Å². The lowest BCUT2D eigenvalue weighted by molar-refractivity contribution is 0.251. The van der Waals surface area contributed by atoms with Gasteiger partial charge in [-0.3, -0.25) is 0 Å². The van der Waals surface area contributed by atoms with Crippen molar-refractivity contribution in [1.29, 1.82) is 0 Å². The molecule has 2 amide bonds. The van der Waals surface area contributed by atoms with Crippen molar-refractivity contribution >= 4 is 17.2 Å². The molecule has 0 aliphatic heterocycles. The van der Waals surface area contributed by atoms with Crippen molar-refractivity contribution in [2.45, 2.75) is 6.54 Å². The van der Waals surface area contributed by atoms with Crippen molar-refractivity contribution in [1.82, 2.24) is 14.9 Å². The number of aromatic nitrogens is 2. The smallest absolute Gasteiger partial charge is 0.319 e. The van der Waals surface area contributed by atoms with E-state index in [0.717, 1.165) is 17.6 Å². The van der Waals surface area contributed by atoms with Crippen molar-refractivity contribution < 1.29 is 13.6 Å². The van der Waals surface area contributed by atoms with Crippen molar-refractivity contribution in [2.75, 3.05) is 5.32 Å². The Hall–Kier alpha value is -2.96. The van der Waals surface area contributed by atoms with Crippen LogP contribution in [0.5, 0.6) is 0 Å². The monoisotopic (exact) mass is 302 g/mol. The average Bonchev–Trinajstić information content (AvgIpc) is 2.92. The van der Waals surface area contributed by atoms with Crippen LogP contribution in [0.4, 0.5) is 19.3 Å². The van der Waals surface area contributed by atoms with Gasteiger partial charge in [0.15, 0.2) is 0 Å². The summed E-state index contributed by atoms with van der Waals surface area (Å²) in [5, 5.41) is 8.90. The van der Waals surface area contributed by atoms with E-state index in [4.69, 9.17) is 0 Å². The molecule has 0 saturated carbocycles. The highest BCUT2D eigenvalue weighted by Gasteiger charge is 2.11. The zero-order valence-electron chi connectivity index (χ0n) is 11.4. The van der Waals surface area contributed by atoms with Gasteiger partial charge in [-0.15, -0.1) is 0 Å². The molecule has 0 aliphatic rings. The van der Waals surface area contributed by atoms with Gasteiger partial charge in [0.2, 0.25) is 0 Å². The Morgan fingerprint density at radius 3 is 2.64 bits per heavy atom. The van der Waals surface area contributed by atoms with Crippen LogP contribution in [0.1, 0.15) is 5.69 Å². The van der Waals surface area contributed by atoms with Gasteiger partial charge in [0, 0.05) is 6.20 Å². The molecule has 0 aliphatic carbocycles. The van der Waals surface area contributed by atoms with Crippen LogP contribution in [0.3, 0.4) is 0 Å². The number of hydrogen-bond donors (Lipinski definition) is 2. The van der Waals surface area contributed by atoms with Gasteiger partial charge >= 0.3 is 6.03 Å². The van der Waals surface area contributed by atoms with E-state index in [1.807, 2.05) is 24.3 Å². The standard InChI is InChI=1S/C15H12F2N4O/c16-12-5-3-6-13(17)14(12)19-15(22)18-9-10-8-11-4-1-2-7-21(11)20-10/h1-8H,9H2,(H2,18,19,22). The fraction of sp³-hybridized carbons (Fsp3) is 0.0667. The number of benzene rings is 1. The number of fused-ring (bicyclic) bond motifs is 1. The van der Waals surface area contributed by atoms with Crippen LogP contribution in [0.2, 0.25) is 0 Å². The predicted molar refractivity (Wildman–Crippen MR) is 77.4 cm³/mol. The van der Waals surface area contributed by atoms with Crippen molar-refractivity contribution in [2.24, 2.45) is 0 Å². The quantitative estimate of drug-likeness (QED) is 0.781. The minimum Gasteiger partial charge on any atom is -0.332 e. The molecular formula is C15H12F2N4O. The molecule has 5 nitrogen and oxygen atoms in total. The molecule has 2 heterocycles. The van der Waals surface area contributed by atoms with Crippen LogP contribution >= 0.6 is 0 Å². The molecule has 7 heteroatoms. The molecule has 0 radical (unpaired) electrons. The molecule has 22 heavy (non-hydrogen) atoms. The van der Waals surface area contributed by atoms with Gasteiger partial charge in [-0.2, -0.15) is 5.10 Å². The van der Waals surface area contributed by atoms with E-state index in [9.17, 15) is 13.6 Å². The second-order valence-corrected chi connectivity index (χ2v) is 4.61. The number of halogens is 2. The van der Waals surface area contributed by atoms with E-state index >= 15 is 0 Å². The summed E-state index contributed by atoms with van der Waals surface area (Å²) in [6.07, 6.45) is 1.79. The lowest BCUT2D eigenvalue weighted by atomic mass is 10.3. The first kappa shape index (κ1) is 14.0. The van der Waals surface area contributed by atoms with Gasteiger partial charge in [-0.05, 0) is 30.3 Å². The van der Waals surface area contributed by atoms with E-state index in [1.54, 1.807) is 10.7 Å². The fourth-order valence-electron chi connectivity index (χ4n) is 2.02. The molecule has 0 saturated heterocycles. The second-order valence-electron chi connectivity index (χ2n) is 4.61. The highest BCUT2D eigenvalue weighted by atomic mass is 19.1. The normalized spacial score (nSPS) is 10.6. The van der Waals surface area contributed by atoms with Gasteiger partial charge in [0.25, 0.3) is 0 Å². The van der Waals surface area contributed by atoms with Crippen molar-refractivity contribution in [3.8, 4) is 0 Å². The highest BCUT2D eigenvalue weighted by molar-refractivity contribution is 5.89. The molecule has 0 bridgehead atoms. The third-order valence-corrected chi connectivity index (χ3v) is 3.05. The van der Waals surface area contributed by atoms with Gasteiger partial charge in [-0.25, -0.2) is 18.1 Å². The maximum absolute atomic E-state index is 13.4. The van der Waals surface area contributed by atoms with Gasteiger partial charge in [0.1, 0.15) is 17.3 Å². The van der Waals surface area contributed by atoms with E-state index in [0.29, 0.717) is 5.69 Å². The minimum absolute atomic E-state index is 0.142. The molecule has 1 aromatic carbocycles. The number of rotatable bonds is 3. The van der Waals surface area contributed by atoms with E-state index in [-0.39, 0.29) is 6.54 Å². The third kappa shape index (κ3) is 2.88. The Kier molecular flexibility index (Phi) is 3.69. The zero-order valence-corrected chi connectivity index (χ0v) is 11.4. The zero-order chi connectivity index (χ0) is 15.5. The summed E-state index contributed by atoms with van der Waals surface area (Å²) < 4.78 is 28.5. The Morgan fingerprint density at radius 2 is 1.91 bits per heavy atom. The molecule has 3 aromatic rings. The number of para-hydroxylation sites is 1. The first-order valence-electron chi connectivity index (χ1n) is 6.55. The third-order valence-electron chi connectivity index (χ3n) is 3.05. The molecule has 2 aromatic heterocycles. The number of anilines is 1. The Morgan fingerprint density at radius 1 is 1.14 bits per heavy atom. The number of urea groups is 1. The maximum Gasteiger partial charge on any atom is 0.319 e. The summed E-state index contributed by atoms with van der Waals surface area (Å²) >= 11 is 0. The van der Waals surface area contributed by atoms with Crippen LogP contribution in [-0.2, 0) is 6.54 Å². The number of hydrogen-bond acceptors (Lipinski definition) is 2. The lowest BCUT2D eigenvalue weighted by Crippen LogP contribution is -2.29. The summed E-state index contributed by atoms with van der Waals surface area (Å²) in [7, 11) is 0. The van der Waals surface area contributed by atoms with Gasteiger partial charge < -0.3 is 10.6 Å². The number of amides is 2. The molecule has 0 fully saturated rings. The van der Waals surface area contributed by atoms with Gasteiger partial charge in [-0.1, -0.05) is 12.1 Å². The van der Waals surface area contributed by atoms with E-state index in [1.165, 1.54) is 6.07 Å². The van der Waals surface area contributed by atoms with Crippen LogP contribution in [0.15, 0.2) is 48.7 Å². The summed E-state index contributed by atoms with van der Waals surface area (Å²) in [5.74, 6) is -1.66. The average molecular weight is 302 g/mol. The van der Waals surface area contributed by atoms with Crippen LogP contribution in [0.25, 0.3) is 5.52 Å². The number of nitrogens with one attached hydrogen (secondary N) is 2. The van der Waals surface area contributed by atoms with Crippen LogP contribution < -0.4 is 10.6 Å². The van der Waals surface area contributed by atoms with Gasteiger partial charge in [0.05, 0.1) is 17.8 Å². The first-order chi connectivity index (χ1) is 10.6. The molecule has 3 rings (SSSR count). The Labute approximate surface area is 124 Å². The first-order valence-corrected chi connectivity index (χ1v) is 6.55. The van der Waals surface area contributed by atoms with Crippen molar-refractivity contribution in [3.05, 3.63) is 66.0 Å². The molecule has 0 atom stereocenters. The fourth-order valence-corrected chi connectivity index (χ4v) is 2.02. The van der Waals surface area contributed by atoms with Crippen LogP contribution in [0, 0.1) is 11.6 Å².